The van der Waals surface area contributed by atoms with Crippen molar-refractivity contribution in [2.24, 2.45) is 0 Å². The molecule has 1 N–H and O–H groups in total. The minimum atomic E-state index is 0.00585. The van der Waals surface area contributed by atoms with Crippen molar-refractivity contribution >= 4 is 5.82 Å². The highest BCUT2D eigenvalue weighted by Gasteiger charge is 2.10. The van der Waals surface area contributed by atoms with Gasteiger partial charge in [-0.1, -0.05) is 13.0 Å². The van der Waals surface area contributed by atoms with Crippen molar-refractivity contribution in [1.82, 2.24) is 4.98 Å². The van der Waals surface area contributed by atoms with Crippen LogP contribution < -0.4 is 4.90 Å². The number of aliphatic hydroxyl groups excluding tert-OH is 1. The number of hydrogen-bond donors (Lipinski definition) is 1. The number of pyridine rings is 1. The first kappa shape index (κ1) is 12.0. The quantitative estimate of drug-likeness (QED) is 0.806. The SMILES string of the molecule is CCCN(c1cccc(CO)n1)C(C)C. The van der Waals surface area contributed by atoms with Crippen molar-refractivity contribution in [3.63, 3.8) is 0 Å². The second-order valence-electron chi connectivity index (χ2n) is 3.93. The second-order valence-corrected chi connectivity index (χ2v) is 3.93. The molecule has 0 bridgehead atoms. The molecule has 1 aromatic rings. The normalized spacial score (nSPS) is 10.7. The van der Waals surface area contributed by atoms with Gasteiger partial charge < -0.3 is 10.0 Å². The van der Waals surface area contributed by atoms with E-state index in [0.29, 0.717) is 6.04 Å². The molecular formula is C12H20N2O. The van der Waals surface area contributed by atoms with E-state index in [1.54, 1.807) is 0 Å². The van der Waals surface area contributed by atoms with Crippen molar-refractivity contribution in [2.75, 3.05) is 11.4 Å². The van der Waals surface area contributed by atoms with E-state index in [1.165, 1.54) is 0 Å². The van der Waals surface area contributed by atoms with Crippen LogP contribution in [-0.4, -0.2) is 22.7 Å². The number of hydrogen-bond acceptors (Lipinski definition) is 3. The molecule has 0 radical (unpaired) electrons. The fourth-order valence-corrected chi connectivity index (χ4v) is 1.59. The van der Waals surface area contributed by atoms with Gasteiger partial charge in [-0.25, -0.2) is 4.98 Å². The molecule has 0 saturated heterocycles. The zero-order valence-electron chi connectivity index (χ0n) is 9.77. The first-order valence-corrected chi connectivity index (χ1v) is 5.52. The Labute approximate surface area is 91.8 Å². The molecule has 0 fully saturated rings. The molecule has 0 aromatic carbocycles. The molecule has 0 atom stereocenters. The molecule has 0 spiro atoms. The molecule has 0 aliphatic rings. The number of anilines is 1. The maximum Gasteiger partial charge on any atom is 0.129 e. The van der Waals surface area contributed by atoms with Crippen LogP contribution in [0.1, 0.15) is 32.9 Å². The largest absolute Gasteiger partial charge is 0.390 e. The molecule has 1 aromatic heterocycles. The van der Waals surface area contributed by atoms with Gasteiger partial charge in [-0.3, -0.25) is 0 Å². The predicted octanol–water partition coefficient (Wildman–Crippen LogP) is 2.20. The van der Waals surface area contributed by atoms with Gasteiger partial charge in [-0.05, 0) is 32.4 Å². The van der Waals surface area contributed by atoms with Crippen LogP contribution >= 0.6 is 0 Å². The van der Waals surface area contributed by atoms with Crippen LogP contribution in [0.4, 0.5) is 5.82 Å². The minimum absolute atomic E-state index is 0.00585. The fraction of sp³-hybridized carbons (Fsp3) is 0.583. The van der Waals surface area contributed by atoms with Gasteiger partial charge in [0.25, 0.3) is 0 Å². The maximum atomic E-state index is 9.03. The van der Waals surface area contributed by atoms with Gasteiger partial charge in [0.05, 0.1) is 12.3 Å². The lowest BCUT2D eigenvalue weighted by molar-refractivity contribution is 0.277. The summed E-state index contributed by atoms with van der Waals surface area (Å²) >= 11 is 0. The van der Waals surface area contributed by atoms with E-state index in [2.05, 4.69) is 30.7 Å². The van der Waals surface area contributed by atoms with Crippen molar-refractivity contribution < 1.29 is 5.11 Å². The zero-order chi connectivity index (χ0) is 11.3. The molecule has 0 unspecified atom stereocenters. The van der Waals surface area contributed by atoms with Crippen LogP contribution in [0.2, 0.25) is 0 Å². The van der Waals surface area contributed by atoms with Crippen LogP contribution in [0.5, 0.6) is 0 Å². The van der Waals surface area contributed by atoms with Crippen LogP contribution in [0.3, 0.4) is 0 Å². The average Bonchev–Trinajstić information content (AvgIpc) is 2.25. The molecule has 3 heteroatoms. The smallest absolute Gasteiger partial charge is 0.129 e. The Hall–Kier alpha value is -1.09. The van der Waals surface area contributed by atoms with Gasteiger partial charge >= 0.3 is 0 Å². The number of rotatable bonds is 5. The molecule has 0 aliphatic carbocycles. The summed E-state index contributed by atoms with van der Waals surface area (Å²) < 4.78 is 0. The third kappa shape index (κ3) is 3.20. The Kier molecular flexibility index (Phi) is 4.56. The number of aromatic nitrogens is 1. The molecule has 0 amide bonds. The van der Waals surface area contributed by atoms with Gasteiger partial charge in [0, 0.05) is 12.6 Å². The molecule has 3 nitrogen and oxygen atoms in total. The van der Waals surface area contributed by atoms with Gasteiger partial charge in [-0.15, -0.1) is 0 Å². The lowest BCUT2D eigenvalue weighted by atomic mass is 10.2. The molecule has 84 valence electrons. The summed E-state index contributed by atoms with van der Waals surface area (Å²) in [4.78, 5) is 6.66. The van der Waals surface area contributed by atoms with Crippen molar-refractivity contribution in [2.45, 2.75) is 39.8 Å². The van der Waals surface area contributed by atoms with E-state index in [1.807, 2.05) is 18.2 Å². The van der Waals surface area contributed by atoms with Crippen LogP contribution in [0, 0.1) is 0 Å². The Morgan fingerprint density at radius 1 is 1.40 bits per heavy atom. The highest BCUT2D eigenvalue weighted by atomic mass is 16.3. The summed E-state index contributed by atoms with van der Waals surface area (Å²) in [6, 6.07) is 6.22. The predicted molar refractivity (Wildman–Crippen MR) is 62.9 cm³/mol. The molecule has 1 rings (SSSR count). The highest BCUT2D eigenvalue weighted by Crippen LogP contribution is 2.15. The van der Waals surface area contributed by atoms with Crippen molar-refractivity contribution in [1.29, 1.82) is 0 Å². The first-order chi connectivity index (χ1) is 7.19. The maximum absolute atomic E-state index is 9.03. The average molecular weight is 208 g/mol. The lowest BCUT2D eigenvalue weighted by Gasteiger charge is -2.27. The minimum Gasteiger partial charge on any atom is -0.390 e. The number of aliphatic hydroxyl groups is 1. The Balaban J connectivity index is 2.89. The zero-order valence-corrected chi connectivity index (χ0v) is 9.77. The summed E-state index contributed by atoms with van der Waals surface area (Å²) in [5, 5.41) is 9.03. The summed E-state index contributed by atoms with van der Waals surface area (Å²) in [6.45, 7) is 7.47. The standard InChI is InChI=1S/C12H20N2O/c1-4-8-14(10(2)3)12-7-5-6-11(9-15)13-12/h5-7,10,15H,4,8-9H2,1-3H3. The monoisotopic (exact) mass is 208 g/mol. The van der Waals surface area contributed by atoms with Gasteiger partial charge in [0.15, 0.2) is 0 Å². The third-order valence-corrected chi connectivity index (χ3v) is 2.34. The van der Waals surface area contributed by atoms with E-state index >= 15 is 0 Å². The second kappa shape index (κ2) is 5.71. The van der Waals surface area contributed by atoms with Gasteiger partial charge in [0.2, 0.25) is 0 Å². The van der Waals surface area contributed by atoms with E-state index < -0.39 is 0 Å². The summed E-state index contributed by atoms with van der Waals surface area (Å²) in [7, 11) is 0. The number of nitrogens with zero attached hydrogens (tertiary/aromatic N) is 2. The molecule has 0 saturated carbocycles. The Bertz CT molecular complexity index is 299. The summed E-state index contributed by atoms with van der Waals surface area (Å²) in [5.41, 5.74) is 0.731. The first-order valence-electron chi connectivity index (χ1n) is 5.52. The fourth-order valence-electron chi connectivity index (χ4n) is 1.59. The van der Waals surface area contributed by atoms with Gasteiger partial charge in [0.1, 0.15) is 5.82 Å². The summed E-state index contributed by atoms with van der Waals surface area (Å²) in [5.74, 6) is 0.957. The van der Waals surface area contributed by atoms with E-state index in [0.717, 1.165) is 24.5 Å². The van der Waals surface area contributed by atoms with E-state index in [9.17, 15) is 0 Å². The van der Waals surface area contributed by atoms with E-state index in [-0.39, 0.29) is 6.61 Å². The van der Waals surface area contributed by atoms with Gasteiger partial charge in [-0.2, -0.15) is 0 Å². The highest BCUT2D eigenvalue weighted by molar-refractivity contribution is 5.40. The molecule has 1 heterocycles. The van der Waals surface area contributed by atoms with Crippen molar-refractivity contribution in [3.05, 3.63) is 23.9 Å². The third-order valence-electron chi connectivity index (χ3n) is 2.34. The molecule has 15 heavy (non-hydrogen) atoms. The summed E-state index contributed by atoms with van der Waals surface area (Å²) in [6.07, 6.45) is 1.10. The molecular weight excluding hydrogens is 188 g/mol. The van der Waals surface area contributed by atoms with Crippen LogP contribution in [0.15, 0.2) is 18.2 Å². The van der Waals surface area contributed by atoms with E-state index in [4.69, 9.17) is 5.11 Å². The van der Waals surface area contributed by atoms with Crippen molar-refractivity contribution in [3.8, 4) is 0 Å². The Morgan fingerprint density at radius 3 is 2.67 bits per heavy atom. The van der Waals surface area contributed by atoms with Crippen LogP contribution in [0.25, 0.3) is 0 Å². The van der Waals surface area contributed by atoms with Crippen LogP contribution in [-0.2, 0) is 6.61 Å². The lowest BCUT2D eigenvalue weighted by Crippen LogP contribution is -2.32. The topological polar surface area (TPSA) is 36.4 Å². The Morgan fingerprint density at radius 2 is 2.13 bits per heavy atom. The molecule has 0 aliphatic heterocycles.